The number of aryl methyl sites for hydroxylation is 2. The summed E-state index contributed by atoms with van der Waals surface area (Å²) in [5.74, 6) is 0.257. The molecule has 1 N–H and O–H groups in total. The Labute approximate surface area is 141 Å². The van der Waals surface area contributed by atoms with E-state index in [0.717, 1.165) is 37.1 Å². The molecule has 2 aromatic rings. The van der Waals surface area contributed by atoms with Crippen LogP contribution in [0.2, 0.25) is 0 Å². The summed E-state index contributed by atoms with van der Waals surface area (Å²) in [7, 11) is 0. The van der Waals surface area contributed by atoms with Crippen molar-refractivity contribution < 1.29 is 4.79 Å². The number of nitrogens with zero attached hydrogens (tertiary/aromatic N) is 2. The van der Waals surface area contributed by atoms with Gasteiger partial charge in [0.2, 0.25) is 0 Å². The molecule has 0 saturated carbocycles. The van der Waals surface area contributed by atoms with Gasteiger partial charge in [0.15, 0.2) is 0 Å². The third kappa shape index (κ3) is 3.55. The summed E-state index contributed by atoms with van der Waals surface area (Å²) in [5.41, 5.74) is 2.89. The number of carbonyl (C=O) groups excluding carboxylic acids is 1. The van der Waals surface area contributed by atoms with Crippen LogP contribution in [0, 0.1) is 19.8 Å². The third-order valence-electron chi connectivity index (χ3n) is 4.78. The molecule has 1 aliphatic heterocycles. The number of aromatic nitrogens is 2. The summed E-state index contributed by atoms with van der Waals surface area (Å²) in [5, 5.41) is 0. The summed E-state index contributed by atoms with van der Waals surface area (Å²) in [6, 6.07) is 5.72. The Morgan fingerprint density at radius 3 is 3.00 bits per heavy atom. The molecule has 5 heteroatoms. The zero-order chi connectivity index (χ0) is 17.1. The Bertz CT molecular complexity index is 783. The minimum atomic E-state index is -0.294. The van der Waals surface area contributed by atoms with Crippen LogP contribution in [0.5, 0.6) is 0 Å². The normalized spacial score (nSPS) is 17.8. The second-order valence-electron chi connectivity index (χ2n) is 6.64. The van der Waals surface area contributed by atoms with Crippen molar-refractivity contribution in [1.29, 1.82) is 0 Å². The summed E-state index contributed by atoms with van der Waals surface area (Å²) in [4.78, 5) is 33.7. The molecule has 126 valence electrons. The number of piperidine rings is 1. The van der Waals surface area contributed by atoms with Crippen molar-refractivity contribution >= 4 is 5.91 Å². The van der Waals surface area contributed by atoms with Gasteiger partial charge in [-0.25, -0.2) is 0 Å². The highest BCUT2D eigenvalue weighted by atomic mass is 16.2. The van der Waals surface area contributed by atoms with Gasteiger partial charge in [-0.1, -0.05) is 6.07 Å². The van der Waals surface area contributed by atoms with E-state index in [-0.39, 0.29) is 17.0 Å². The van der Waals surface area contributed by atoms with Gasteiger partial charge in [0.1, 0.15) is 5.56 Å². The van der Waals surface area contributed by atoms with E-state index in [2.05, 4.69) is 16.0 Å². The van der Waals surface area contributed by atoms with Crippen LogP contribution in [0.4, 0.5) is 0 Å². The van der Waals surface area contributed by atoms with Crippen molar-refractivity contribution in [3.8, 4) is 0 Å². The van der Waals surface area contributed by atoms with E-state index in [4.69, 9.17) is 0 Å². The van der Waals surface area contributed by atoms with Crippen LogP contribution in [0.3, 0.4) is 0 Å². The molecule has 1 amide bonds. The lowest BCUT2D eigenvalue weighted by molar-refractivity contribution is 0.0671. The molecule has 0 bridgehead atoms. The second-order valence-corrected chi connectivity index (χ2v) is 6.64. The van der Waals surface area contributed by atoms with Crippen molar-refractivity contribution in [2.75, 3.05) is 13.1 Å². The summed E-state index contributed by atoms with van der Waals surface area (Å²) in [6.07, 6.45) is 6.64. The van der Waals surface area contributed by atoms with E-state index in [1.165, 1.54) is 5.56 Å². The first-order valence-corrected chi connectivity index (χ1v) is 8.43. The van der Waals surface area contributed by atoms with Crippen molar-refractivity contribution in [2.24, 2.45) is 5.92 Å². The molecule has 3 rings (SSSR count). The highest BCUT2D eigenvalue weighted by molar-refractivity contribution is 5.94. The molecule has 24 heavy (non-hydrogen) atoms. The Morgan fingerprint density at radius 1 is 1.42 bits per heavy atom. The van der Waals surface area contributed by atoms with Gasteiger partial charge >= 0.3 is 0 Å². The fourth-order valence-electron chi connectivity index (χ4n) is 3.32. The highest BCUT2D eigenvalue weighted by Gasteiger charge is 2.26. The van der Waals surface area contributed by atoms with Gasteiger partial charge in [0.05, 0.1) is 0 Å². The molecule has 0 aromatic carbocycles. The van der Waals surface area contributed by atoms with E-state index >= 15 is 0 Å². The fraction of sp³-hybridized carbons (Fsp3) is 0.421. The van der Waals surface area contributed by atoms with E-state index in [9.17, 15) is 9.59 Å². The van der Waals surface area contributed by atoms with Crippen LogP contribution in [0.1, 0.15) is 40.0 Å². The van der Waals surface area contributed by atoms with Gasteiger partial charge in [-0.2, -0.15) is 0 Å². The average molecular weight is 325 g/mol. The summed E-state index contributed by atoms with van der Waals surface area (Å²) < 4.78 is 0. The van der Waals surface area contributed by atoms with Gasteiger partial charge in [-0.15, -0.1) is 0 Å². The number of rotatable bonds is 3. The lowest BCUT2D eigenvalue weighted by Crippen LogP contribution is -2.42. The van der Waals surface area contributed by atoms with Crippen molar-refractivity contribution in [3.63, 3.8) is 0 Å². The average Bonchev–Trinajstić information content (AvgIpc) is 2.59. The number of aromatic amines is 1. The predicted octanol–water partition coefficient (Wildman–Crippen LogP) is 2.48. The van der Waals surface area contributed by atoms with Crippen molar-refractivity contribution in [1.82, 2.24) is 14.9 Å². The fourth-order valence-corrected chi connectivity index (χ4v) is 3.32. The maximum atomic E-state index is 12.8. The first-order valence-electron chi connectivity index (χ1n) is 8.43. The monoisotopic (exact) mass is 325 g/mol. The molecule has 3 heterocycles. The van der Waals surface area contributed by atoms with E-state index < -0.39 is 0 Å². The molecular formula is C19H23N3O2. The summed E-state index contributed by atoms with van der Waals surface area (Å²) >= 11 is 0. The van der Waals surface area contributed by atoms with Crippen LogP contribution >= 0.6 is 0 Å². The Kier molecular flexibility index (Phi) is 4.79. The number of likely N-dealkylation sites (tertiary alicyclic amines) is 1. The van der Waals surface area contributed by atoms with Crippen molar-refractivity contribution in [2.45, 2.75) is 33.1 Å². The zero-order valence-corrected chi connectivity index (χ0v) is 14.2. The molecule has 0 unspecified atom stereocenters. The molecule has 2 aromatic heterocycles. The van der Waals surface area contributed by atoms with Gasteiger partial charge in [-0.3, -0.25) is 14.6 Å². The Hall–Kier alpha value is -2.43. The standard InChI is InChI=1S/C19H23N3O2/c1-13-9-17(18(23)21-14(13)2)19(24)22-8-4-6-16(12-22)10-15-5-3-7-20-11-15/h3,5,7,9,11,16H,4,6,8,10,12H2,1-2H3,(H,21,23)/t16-/m0/s1. The summed E-state index contributed by atoms with van der Waals surface area (Å²) in [6.45, 7) is 5.16. The molecular weight excluding hydrogens is 302 g/mol. The maximum absolute atomic E-state index is 12.8. The van der Waals surface area contributed by atoms with Crippen LogP contribution in [0.25, 0.3) is 0 Å². The third-order valence-corrected chi connectivity index (χ3v) is 4.78. The molecule has 0 aliphatic carbocycles. The first-order chi connectivity index (χ1) is 11.5. The van der Waals surface area contributed by atoms with E-state index in [1.807, 2.05) is 31.0 Å². The minimum Gasteiger partial charge on any atom is -0.338 e. The van der Waals surface area contributed by atoms with E-state index in [0.29, 0.717) is 12.5 Å². The zero-order valence-electron chi connectivity index (χ0n) is 14.2. The lowest BCUT2D eigenvalue weighted by atomic mass is 9.91. The quantitative estimate of drug-likeness (QED) is 0.943. The lowest BCUT2D eigenvalue weighted by Gasteiger charge is -2.32. The second kappa shape index (κ2) is 6.99. The number of nitrogens with one attached hydrogen (secondary N) is 1. The smallest absolute Gasteiger partial charge is 0.261 e. The molecule has 0 radical (unpaired) electrons. The molecule has 1 aliphatic rings. The number of hydrogen-bond acceptors (Lipinski definition) is 3. The first kappa shape index (κ1) is 16.4. The van der Waals surface area contributed by atoms with E-state index in [1.54, 1.807) is 12.3 Å². The molecule has 1 fully saturated rings. The van der Waals surface area contributed by atoms with Gasteiger partial charge in [-0.05, 0) is 62.3 Å². The van der Waals surface area contributed by atoms with Gasteiger partial charge < -0.3 is 9.88 Å². The van der Waals surface area contributed by atoms with Crippen LogP contribution in [-0.2, 0) is 6.42 Å². The molecule has 5 nitrogen and oxygen atoms in total. The van der Waals surface area contributed by atoms with Crippen molar-refractivity contribution in [3.05, 3.63) is 63.3 Å². The minimum absolute atomic E-state index is 0.157. The van der Waals surface area contributed by atoms with Crippen LogP contribution in [0.15, 0.2) is 35.4 Å². The topological polar surface area (TPSA) is 66.1 Å². The largest absolute Gasteiger partial charge is 0.338 e. The number of pyridine rings is 2. The van der Waals surface area contributed by atoms with Crippen LogP contribution in [-0.4, -0.2) is 33.9 Å². The Balaban J connectivity index is 1.74. The number of H-pyrrole nitrogens is 1. The van der Waals surface area contributed by atoms with Gasteiger partial charge in [0, 0.05) is 31.2 Å². The van der Waals surface area contributed by atoms with Crippen LogP contribution < -0.4 is 5.56 Å². The molecule has 0 spiro atoms. The maximum Gasteiger partial charge on any atom is 0.261 e. The SMILES string of the molecule is Cc1cc(C(=O)N2CCC[C@@H](Cc3cccnc3)C2)c(=O)[nH]c1C. The molecule has 1 saturated heterocycles. The highest BCUT2D eigenvalue weighted by Crippen LogP contribution is 2.21. The molecule has 1 atom stereocenters. The predicted molar refractivity (Wildman–Crippen MR) is 93.1 cm³/mol. The van der Waals surface area contributed by atoms with Gasteiger partial charge in [0.25, 0.3) is 11.5 Å². The number of hydrogen-bond donors (Lipinski definition) is 1. The number of carbonyl (C=O) groups is 1. The Morgan fingerprint density at radius 2 is 2.25 bits per heavy atom. The number of amides is 1.